The van der Waals surface area contributed by atoms with Crippen molar-refractivity contribution in [3.63, 3.8) is 0 Å². The third-order valence-electron chi connectivity index (χ3n) is 7.66. The number of hydrogen-bond acceptors (Lipinski definition) is 11. The Morgan fingerprint density at radius 3 is 1.87 bits per heavy atom. The molecule has 19 heteroatoms. The van der Waals surface area contributed by atoms with Gasteiger partial charge in [0, 0.05) is 45.6 Å². The fourth-order valence-electron chi connectivity index (χ4n) is 5.44. The minimum absolute atomic E-state index is 0.0396. The lowest BCUT2D eigenvalue weighted by atomic mass is 9.93. The van der Waals surface area contributed by atoms with Crippen LogP contribution in [0.5, 0.6) is 0 Å². The second-order valence-electron chi connectivity index (χ2n) is 11.0. The molecular formula is C33H22N2O14S3. The highest BCUT2D eigenvalue weighted by Gasteiger charge is 2.27. The van der Waals surface area contributed by atoms with Crippen molar-refractivity contribution in [3.8, 4) is 22.5 Å². The van der Waals surface area contributed by atoms with E-state index in [0.29, 0.717) is 17.4 Å². The highest BCUT2D eigenvalue weighted by molar-refractivity contribution is 7.86. The Morgan fingerprint density at radius 1 is 0.615 bits per heavy atom. The number of nitrogens with one attached hydrogen (secondary N) is 1. The maximum absolute atomic E-state index is 12.7. The minimum atomic E-state index is -5.16. The van der Waals surface area contributed by atoms with E-state index in [1.54, 1.807) is 6.07 Å². The third-order valence-corrected chi connectivity index (χ3v) is 10.3. The van der Waals surface area contributed by atoms with Gasteiger partial charge in [-0.1, -0.05) is 18.2 Å². The maximum Gasteiger partial charge on any atom is 0.337 e. The molecule has 266 valence electrons. The first kappa shape index (κ1) is 35.9. The van der Waals surface area contributed by atoms with Crippen LogP contribution in [-0.2, 0) is 30.4 Å². The van der Waals surface area contributed by atoms with Crippen LogP contribution >= 0.6 is 0 Å². The number of rotatable bonds is 9. The highest BCUT2D eigenvalue weighted by Crippen LogP contribution is 2.43. The van der Waals surface area contributed by atoms with Gasteiger partial charge in [0.25, 0.3) is 30.4 Å². The number of carboxylic acids is 2. The summed E-state index contributed by atoms with van der Waals surface area (Å²) in [6.07, 6.45) is 0. The molecule has 6 N–H and O–H groups in total. The predicted octanol–water partition coefficient (Wildman–Crippen LogP) is 5.32. The van der Waals surface area contributed by atoms with Crippen molar-refractivity contribution in [2.75, 3.05) is 5.32 Å². The van der Waals surface area contributed by atoms with Crippen molar-refractivity contribution in [3.05, 3.63) is 114 Å². The minimum Gasteiger partial charge on any atom is -0.478 e. The SMILES string of the molecule is O=C(O)c1ccc(Nc2ccc3c(-c4ccccc4S(=O)(=O)O)c4cc(S(=O)(=O)O)c(=Nc5ccc(C(=O)O)c(S(=O)(=O)O)c5)cc-4oc3c2)cc1. The Bertz CT molecular complexity index is 2850. The van der Waals surface area contributed by atoms with Crippen LogP contribution in [0, 0.1) is 0 Å². The Kier molecular flexibility index (Phi) is 8.95. The molecule has 0 fully saturated rings. The molecule has 52 heavy (non-hydrogen) atoms. The first-order valence-corrected chi connectivity index (χ1v) is 18.7. The van der Waals surface area contributed by atoms with Gasteiger partial charge in [-0.25, -0.2) is 14.6 Å². The van der Waals surface area contributed by atoms with Gasteiger partial charge in [0.05, 0.1) is 22.2 Å². The lowest BCUT2D eigenvalue weighted by molar-refractivity contribution is 0.0683. The van der Waals surface area contributed by atoms with Crippen LogP contribution in [0.1, 0.15) is 20.7 Å². The summed E-state index contributed by atoms with van der Waals surface area (Å²) < 4.78 is 111. The monoisotopic (exact) mass is 766 g/mol. The summed E-state index contributed by atoms with van der Waals surface area (Å²) in [5.74, 6) is -2.98. The molecule has 2 aliphatic rings. The van der Waals surface area contributed by atoms with Crippen molar-refractivity contribution in [1.82, 2.24) is 0 Å². The standard InChI is InChI=1S/C33H22N2O14S3/c36-32(37)17-5-7-18(8-6-17)34-19-9-11-21-26(13-19)49-27-16-25(35-20-10-12-23(33(38)39)29(14-20)51(43,44)45)30(52(46,47)48)15-24(27)31(21)22-3-1-2-4-28(22)50(40,41)42/h1-16,34H,(H,36,37)(H,38,39)(H,40,41,42)(H,43,44,45)(H,46,47,48). The van der Waals surface area contributed by atoms with E-state index in [9.17, 15) is 58.7 Å². The number of carbonyl (C=O) groups is 2. The number of nitrogens with zero attached hydrogens (tertiary/aromatic N) is 1. The van der Waals surface area contributed by atoms with Gasteiger partial charge in [0.2, 0.25) is 0 Å². The number of benzene rings is 5. The highest BCUT2D eigenvalue weighted by atomic mass is 32.2. The number of fused-ring (bicyclic) bond motifs is 2. The fraction of sp³-hybridized carbons (Fsp3) is 0. The lowest BCUT2D eigenvalue weighted by Gasteiger charge is -2.18. The van der Waals surface area contributed by atoms with E-state index in [0.717, 1.165) is 30.3 Å². The molecule has 0 saturated heterocycles. The number of hydrogen-bond donors (Lipinski definition) is 6. The molecule has 0 aromatic heterocycles. The second kappa shape index (κ2) is 13.0. The van der Waals surface area contributed by atoms with Crippen LogP contribution in [0.4, 0.5) is 17.1 Å². The number of aromatic carboxylic acids is 2. The maximum atomic E-state index is 12.7. The van der Waals surface area contributed by atoms with Crippen LogP contribution in [0.3, 0.4) is 0 Å². The van der Waals surface area contributed by atoms with Crippen molar-refractivity contribution in [1.29, 1.82) is 0 Å². The van der Waals surface area contributed by atoms with E-state index in [4.69, 9.17) is 4.42 Å². The van der Waals surface area contributed by atoms with E-state index in [1.807, 2.05) is 0 Å². The molecule has 4 aromatic rings. The smallest absolute Gasteiger partial charge is 0.337 e. The van der Waals surface area contributed by atoms with Crippen molar-refractivity contribution in [2.45, 2.75) is 14.7 Å². The molecule has 0 unspecified atom stereocenters. The first-order chi connectivity index (χ1) is 24.3. The molecule has 1 aliphatic heterocycles. The number of anilines is 2. The average Bonchev–Trinajstić information content (AvgIpc) is 3.06. The Hall–Kier alpha value is -5.96. The molecule has 4 aromatic carbocycles. The molecule has 0 spiro atoms. The van der Waals surface area contributed by atoms with Gasteiger partial charge < -0.3 is 19.9 Å². The normalized spacial score (nSPS) is 12.6. The molecule has 0 amide bonds. The van der Waals surface area contributed by atoms with E-state index in [-0.39, 0.29) is 44.7 Å². The lowest BCUT2D eigenvalue weighted by Crippen LogP contribution is -2.16. The summed E-state index contributed by atoms with van der Waals surface area (Å²) in [7, 11) is -15.1. The quantitative estimate of drug-likeness (QED) is 0.0803. The molecule has 1 heterocycles. The average molecular weight is 767 g/mol. The summed E-state index contributed by atoms with van der Waals surface area (Å²) in [6, 6.07) is 20.1. The van der Waals surface area contributed by atoms with Gasteiger partial charge >= 0.3 is 11.9 Å². The van der Waals surface area contributed by atoms with Crippen LogP contribution in [0.15, 0.2) is 121 Å². The van der Waals surface area contributed by atoms with E-state index in [2.05, 4.69) is 10.3 Å². The topological polar surface area (TPSA) is 275 Å². The molecule has 0 atom stereocenters. The third kappa shape index (κ3) is 7.12. The Morgan fingerprint density at radius 2 is 1.25 bits per heavy atom. The van der Waals surface area contributed by atoms with E-state index >= 15 is 0 Å². The molecule has 0 bridgehead atoms. The summed E-state index contributed by atoms with van der Waals surface area (Å²) >= 11 is 0. The zero-order chi connectivity index (χ0) is 37.7. The van der Waals surface area contributed by atoms with Crippen LogP contribution in [-0.4, -0.2) is 61.1 Å². The summed E-state index contributed by atoms with van der Waals surface area (Å²) in [6.45, 7) is 0. The zero-order valence-electron chi connectivity index (χ0n) is 25.8. The summed E-state index contributed by atoms with van der Waals surface area (Å²) in [5.41, 5.74) is -0.287. The molecule has 16 nitrogen and oxygen atoms in total. The van der Waals surface area contributed by atoms with E-state index < -0.39 is 67.9 Å². The first-order valence-electron chi connectivity index (χ1n) is 14.4. The summed E-state index contributed by atoms with van der Waals surface area (Å²) in [5, 5.41) is 21.3. The van der Waals surface area contributed by atoms with Gasteiger partial charge in [-0.2, -0.15) is 25.3 Å². The Balaban J connectivity index is 1.68. The molecule has 1 aliphatic carbocycles. The zero-order valence-corrected chi connectivity index (χ0v) is 28.3. The van der Waals surface area contributed by atoms with Crippen molar-refractivity contribution < 1.29 is 63.1 Å². The largest absolute Gasteiger partial charge is 0.478 e. The fourth-order valence-corrected chi connectivity index (χ4v) is 7.48. The van der Waals surface area contributed by atoms with Crippen molar-refractivity contribution in [2.24, 2.45) is 4.99 Å². The van der Waals surface area contributed by atoms with Crippen molar-refractivity contribution >= 4 is 70.3 Å². The van der Waals surface area contributed by atoms with Gasteiger partial charge in [-0.3, -0.25) is 13.7 Å². The Labute approximate surface area is 293 Å². The molecule has 0 radical (unpaired) electrons. The number of carboxylic acid groups (broad SMARTS) is 2. The van der Waals surface area contributed by atoms with Gasteiger partial charge in [0.15, 0.2) is 0 Å². The van der Waals surface area contributed by atoms with Crippen LogP contribution in [0.25, 0.3) is 33.4 Å². The molecular weight excluding hydrogens is 745 g/mol. The van der Waals surface area contributed by atoms with E-state index in [1.165, 1.54) is 54.6 Å². The van der Waals surface area contributed by atoms with Crippen LogP contribution < -0.4 is 10.7 Å². The van der Waals surface area contributed by atoms with Gasteiger partial charge in [-0.05, 0) is 66.7 Å². The van der Waals surface area contributed by atoms with Gasteiger partial charge in [-0.15, -0.1) is 0 Å². The summed E-state index contributed by atoms with van der Waals surface area (Å²) in [4.78, 5) is 24.5. The predicted molar refractivity (Wildman–Crippen MR) is 183 cm³/mol. The molecule has 0 saturated carbocycles. The van der Waals surface area contributed by atoms with Gasteiger partial charge in [0.1, 0.15) is 26.0 Å². The second-order valence-corrected chi connectivity index (χ2v) is 15.2. The molecule has 6 rings (SSSR count). The van der Waals surface area contributed by atoms with Crippen LogP contribution in [0.2, 0.25) is 0 Å².